The van der Waals surface area contributed by atoms with Crippen molar-refractivity contribution in [3.63, 3.8) is 0 Å². The van der Waals surface area contributed by atoms with Crippen LogP contribution in [0.25, 0.3) is 0 Å². The highest BCUT2D eigenvalue weighted by molar-refractivity contribution is 7.92. The lowest BCUT2D eigenvalue weighted by atomic mass is 10.2. The fraction of sp³-hybridized carbons (Fsp3) is 0.182. The molecular weight excluding hydrogens is 455 g/mol. The third-order valence-electron chi connectivity index (χ3n) is 4.50. The van der Waals surface area contributed by atoms with E-state index in [1.807, 2.05) is 24.4 Å². The summed E-state index contributed by atoms with van der Waals surface area (Å²) in [5.74, 6) is -1.91. The SMILES string of the molecule is Cc1cc(F)ccc1S(=O)(=O)Nc1ccccc1C(=O)OCC(=O)NC(C)c1cccs1. The molecule has 0 aliphatic rings. The quantitative estimate of drug-likeness (QED) is 0.478. The number of benzene rings is 2. The van der Waals surface area contributed by atoms with Gasteiger partial charge in [-0.25, -0.2) is 17.6 Å². The molecule has 0 spiro atoms. The predicted octanol–water partition coefficient (Wildman–Crippen LogP) is 4.03. The van der Waals surface area contributed by atoms with E-state index in [1.165, 1.54) is 36.5 Å². The van der Waals surface area contributed by atoms with E-state index in [4.69, 9.17) is 4.74 Å². The van der Waals surface area contributed by atoms with Gasteiger partial charge in [0.1, 0.15) is 5.82 Å². The van der Waals surface area contributed by atoms with E-state index in [2.05, 4.69) is 10.0 Å². The molecule has 3 aromatic rings. The number of nitrogens with one attached hydrogen (secondary N) is 2. The number of ether oxygens (including phenoxy) is 1. The number of aryl methyl sites for hydroxylation is 1. The van der Waals surface area contributed by atoms with Crippen LogP contribution in [0.3, 0.4) is 0 Å². The Labute approximate surface area is 189 Å². The Balaban J connectivity index is 1.69. The van der Waals surface area contributed by atoms with Crippen molar-refractivity contribution >= 4 is 38.9 Å². The van der Waals surface area contributed by atoms with Gasteiger partial charge in [0.15, 0.2) is 6.61 Å². The van der Waals surface area contributed by atoms with Crippen molar-refractivity contribution in [2.75, 3.05) is 11.3 Å². The number of amides is 1. The molecule has 7 nitrogen and oxygen atoms in total. The number of carbonyl (C=O) groups excluding carboxylic acids is 2. The van der Waals surface area contributed by atoms with Crippen LogP contribution in [0.15, 0.2) is 64.9 Å². The second-order valence-corrected chi connectivity index (χ2v) is 9.57. The van der Waals surface area contributed by atoms with Crippen LogP contribution in [0, 0.1) is 12.7 Å². The van der Waals surface area contributed by atoms with Crippen LogP contribution in [0.1, 0.15) is 33.8 Å². The van der Waals surface area contributed by atoms with Gasteiger partial charge in [0.2, 0.25) is 0 Å². The number of anilines is 1. The van der Waals surface area contributed by atoms with Crippen LogP contribution < -0.4 is 10.0 Å². The van der Waals surface area contributed by atoms with E-state index >= 15 is 0 Å². The van der Waals surface area contributed by atoms with Crippen molar-refractivity contribution in [1.29, 1.82) is 0 Å². The molecule has 10 heteroatoms. The standard InChI is InChI=1S/C22H21FN2O5S2/c1-14-12-16(23)9-10-20(14)32(28,29)25-18-7-4-3-6-17(18)22(27)30-13-21(26)24-15(2)19-8-5-11-31-19/h3-12,15,25H,13H2,1-2H3,(H,24,26). The largest absolute Gasteiger partial charge is 0.452 e. The van der Waals surface area contributed by atoms with Gasteiger partial charge in [0.25, 0.3) is 15.9 Å². The number of para-hydroxylation sites is 1. The van der Waals surface area contributed by atoms with Crippen LogP contribution in [0.5, 0.6) is 0 Å². The number of carbonyl (C=O) groups is 2. The molecule has 2 N–H and O–H groups in total. The van der Waals surface area contributed by atoms with Crippen molar-refractivity contribution in [2.45, 2.75) is 24.8 Å². The minimum Gasteiger partial charge on any atom is -0.452 e. The summed E-state index contributed by atoms with van der Waals surface area (Å²) in [6.45, 7) is 2.76. The van der Waals surface area contributed by atoms with Gasteiger partial charge in [-0.3, -0.25) is 9.52 Å². The van der Waals surface area contributed by atoms with Gasteiger partial charge < -0.3 is 10.1 Å². The Bertz CT molecular complexity index is 1230. The molecule has 0 fully saturated rings. The van der Waals surface area contributed by atoms with Crippen molar-refractivity contribution in [3.05, 3.63) is 81.8 Å². The number of hydrogen-bond donors (Lipinski definition) is 2. The second-order valence-electron chi connectivity index (χ2n) is 6.94. The Morgan fingerprint density at radius 3 is 2.56 bits per heavy atom. The van der Waals surface area contributed by atoms with Crippen molar-refractivity contribution in [2.24, 2.45) is 0 Å². The zero-order chi connectivity index (χ0) is 23.3. The molecule has 0 radical (unpaired) electrons. The molecule has 2 aromatic carbocycles. The summed E-state index contributed by atoms with van der Waals surface area (Å²) in [5.41, 5.74) is 0.137. The maximum absolute atomic E-state index is 13.3. The van der Waals surface area contributed by atoms with Gasteiger partial charge in [-0.1, -0.05) is 18.2 Å². The van der Waals surface area contributed by atoms with E-state index in [0.29, 0.717) is 0 Å². The maximum Gasteiger partial charge on any atom is 0.340 e. The maximum atomic E-state index is 13.3. The zero-order valence-electron chi connectivity index (χ0n) is 17.3. The van der Waals surface area contributed by atoms with Crippen molar-refractivity contribution in [1.82, 2.24) is 5.32 Å². The molecule has 1 heterocycles. The van der Waals surface area contributed by atoms with Crippen LogP contribution in [0.4, 0.5) is 10.1 Å². The summed E-state index contributed by atoms with van der Waals surface area (Å²) >= 11 is 1.49. The third kappa shape index (κ3) is 5.71. The smallest absolute Gasteiger partial charge is 0.340 e. The highest BCUT2D eigenvalue weighted by atomic mass is 32.2. The minimum absolute atomic E-state index is 0.0198. The van der Waals surface area contributed by atoms with Gasteiger partial charge >= 0.3 is 5.97 Å². The van der Waals surface area contributed by atoms with E-state index in [0.717, 1.165) is 23.1 Å². The molecule has 1 atom stereocenters. The molecule has 0 saturated carbocycles. The summed E-state index contributed by atoms with van der Waals surface area (Å²) in [6, 6.07) is 12.7. The predicted molar refractivity (Wildman–Crippen MR) is 120 cm³/mol. The Morgan fingerprint density at radius 2 is 1.88 bits per heavy atom. The second kappa shape index (κ2) is 9.92. The number of esters is 1. The summed E-state index contributed by atoms with van der Waals surface area (Å²) in [6.07, 6.45) is 0. The highest BCUT2D eigenvalue weighted by Crippen LogP contribution is 2.23. The van der Waals surface area contributed by atoms with Gasteiger partial charge in [0, 0.05) is 4.88 Å². The molecule has 0 bridgehead atoms. The van der Waals surface area contributed by atoms with E-state index < -0.39 is 34.3 Å². The lowest BCUT2D eigenvalue weighted by molar-refractivity contribution is -0.124. The fourth-order valence-corrected chi connectivity index (χ4v) is 5.01. The molecule has 0 aliphatic heterocycles. The Kier molecular flexibility index (Phi) is 7.26. The lowest BCUT2D eigenvalue weighted by Gasteiger charge is -2.14. The van der Waals surface area contributed by atoms with Gasteiger partial charge in [-0.05, 0) is 61.2 Å². The van der Waals surface area contributed by atoms with Crippen LogP contribution in [-0.2, 0) is 19.6 Å². The van der Waals surface area contributed by atoms with Crippen LogP contribution in [0.2, 0.25) is 0 Å². The van der Waals surface area contributed by atoms with E-state index in [-0.39, 0.29) is 27.8 Å². The molecule has 1 unspecified atom stereocenters. The molecular formula is C22H21FN2O5S2. The molecule has 1 amide bonds. The third-order valence-corrected chi connectivity index (χ3v) is 7.08. The average molecular weight is 477 g/mol. The van der Waals surface area contributed by atoms with E-state index in [9.17, 15) is 22.4 Å². The first-order chi connectivity index (χ1) is 15.2. The van der Waals surface area contributed by atoms with Gasteiger partial charge in [-0.2, -0.15) is 0 Å². The molecule has 1 aromatic heterocycles. The number of hydrogen-bond acceptors (Lipinski definition) is 6. The number of halogens is 1. The minimum atomic E-state index is -4.09. The monoisotopic (exact) mass is 476 g/mol. The van der Waals surface area contributed by atoms with E-state index in [1.54, 1.807) is 6.07 Å². The van der Waals surface area contributed by atoms with Gasteiger partial charge in [0.05, 0.1) is 22.2 Å². The first-order valence-corrected chi connectivity index (χ1v) is 11.9. The summed E-state index contributed by atoms with van der Waals surface area (Å²) < 4.78 is 46.3. The topological polar surface area (TPSA) is 102 Å². The normalized spacial score (nSPS) is 12.1. The van der Waals surface area contributed by atoms with Crippen molar-refractivity contribution < 1.29 is 27.1 Å². The van der Waals surface area contributed by atoms with Crippen LogP contribution >= 0.6 is 11.3 Å². The molecule has 168 valence electrons. The molecule has 3 rings (SSSR count). The highest BCUT2D eigenvalue weighted by Gasteiger charge is 2.22. The Hall–Kier alpha value is -3.24. The average Bonchev–Trinajstić information content (AvgIpc) is 3.27. The molecule has 0 aliphatic carbocycles. The first kappa shape index (κ1) is 23.4. The molecule has 32 heavy (non-hydrogen) atoms. The summed E-state index contributed by atoms with van der Waals surface area (Å²) in [5, 5.41) is 4.62. The zero-order valence-corrected chi connectivity index (χ0v) is 18.9. The van der Waals surface area contributed by atoms with Crippen LogP contribution in [-0.4, -0.2) is 26.9 Å². The first-order valence-electron chi connectivity index (χ1n) is 9.55. The number of sulfonamides is 1. The fourth-order valence-electron chi connectivity index (χ4n) is 2.96. The summed E-state index contributed by atoms with van der Waals surface area (Å²) in [7, 11) is -4.09. The number of rotatable bonds is 8. The summed E-state index contributed by atoms with van der Waals surface area (Å²) in [4.78, 5) is 25.5. The lowest BCUT2D eigenvalue weighted by Crippen LogP contribution is -2.31. The molecule has 0 saturated heterocycles. The number of thiophene rings is 1. The van der Waals surface area contributed by atoms with Gasteiger partial charge in [-0.15, -0.1) is 11.3 Å². The van der Waals surface area contributed by atoms with Crippen molar-refractivity contribution in [3.8, 4) is 0 Å². The Morgan fingerprint density at radius 1 is 1.12 bits per heavy atom.